The highest BCUT2D eigenvalue weighted by Gasteiger charge is 2.37. The van der Waals surface area contributed by atoms with Gasteiger partial charge >= 0.3 is 19.4 Å². The van der Waals surface area contributed by atoms with Crippen molar-refractivity contribution in [2.75, 3.05) is 6.61 Å². The van der Waals surface area contributed by atoms with Gasteiger partial charge < -0.3 is 14.0 Å². The first-order valence-electron chi connectivity index (χ1n) is 14.3. The maximum Gasteiger partial charge on any atom is 0.459 e. The Balaban J connectivity index is 1.16. The van der Waals surface area contributed by atoms with Gasteiger partial charge in [-0.3, -0.25) is 23.7 Å². The van der Waals surface area contributed by atoms with Crippen LogP contribution in [0.5, 0.6) is 5.75 Å². The maximum absolute atomic E-state index is 14.2. The van der Waals surface area contributed by atoms with E-state index in [-0.39, 0.29) is 18.5 Å². The molecule has 2 heterocycles. The van der Waals surface area contributed by atoms with E-state index in [9.17, 15) is 23.3 Å². The van der Waals surface area contributed by atoms with E-state index in [1.165, 1.54) is 6.92 Å². The predicted octanol–water partition coefficient (Wildman–Crippen LogP) is 4.40. The van der Waals surface area contributed by atoms with Gasteiger partial charge in [0.15, 0.2) is 0 Å². The quantitative estimate of drug-likeness (QED) is 0.195. The van der Waals surface area contributed by atoms with E-state index in [4.69, 9.17) is 18.5 Å². The lowest BCUT2D eigenvalue weighted by Crippen LogP contribution is -2.37. The molecule has 230 valence electrons. The van der Waals surface area contributed by atoms with E-state index < -0.39 is 49.2 Å². The van der Waals surface area contributed by atoms with Crippen molar-refractivity contribution in [3.63, 3.8) is 0 Å². The van der Waals surface area contributed by atoms with Gasteiger partial charge in [0.05, 0.1) is 18.9 Å². The predicted molar refractivity (Wildman–Crippen MR) is 159 cm³/mol. The van der Waals surface area contributed by atoms with Crippen molar-refractivity contribution in [3.05, 3.63) is 111 Å². The highest BCUT2D eigenvalue weighted by atomic mass is 31.2. The molecule has 11 nitrogen and oxygen atoms in total. The van der Waals surface area contributed by atoms with E-state index in [1.807, 2.05) is 59.6 Å². The molecule has 44 heavy (non-hydrogen) atoms. The first kappa shape index (κ1) is 30.0. The molecule has 0 bridgehead atoms. The number of benzene rings is 3. The minimum absolute atomic E-state index is 0.230. The van der Waals surface area contributed by atoms with Crippen molar-refractivity contribution in [2.24, 2.45) is 0 Å². The Morgan fingerprint density at radius 3 is 2.55 bits per heavy atom. The molecule has 13 heteroatoms. The Morgan fingerprint density at radius 2 is 1.77 bits per heavy atom. The fraction of sp³-hybridized carbons (Fsp3) is 0.323. The summed E-state index contributed by atoms with van der Waals surface area (Å²) in [4.78, 5) is 38.6. The maximum atomic E-state index is 14.2. The van der Waals surface area contributed by atoms with E-state index in [2.05, 4.69) is 5.09 Å². The van der Waals surface area contributed by atoms with Gasteiger partial charge in [0, 0.05) is 18.2 Å². The van der Waals surface area contributed by atoms with Gasteiger partial charge in [0.25, 0.3) is 5.56 Å². The van der Waals surface area contributed by atoms with Gasteiger partial charge in [-0.2, -0.15) is 9.48 Å². The highest BCUT2D eigenvalue weighted by molar-refractivity contribution is 7.52. The van der Waals surface area contributed by atoms with E-state index in [0.717, 1.165) is 27.3 Å². The number of ether oxygens (including phenoxy) is 2. The molecule has 1 aromatic heterocycles. The van der Waals surface area contributed by atoms with Crippen molar-refractivity contribution < 1.29 is 32.3 Å². The van der Waals surface area contributed by atoms with Crippen LogP contribution in [0.3, 0.4) is 0 Å². The fourth-order valence-electron chi connectivity index (χ4n) is 5.52. The molecule has 1 saturated heterocycles. The lowest BCUT2D eigenvalue weighted by atomic mass is 10.1. The summed E-state index contributed by atoms with van der Waals surface area (Å²) in [7, 11) is -4.23. The number of rotatable bonds is 10. The largest absolute Gasteiger partial charge is 0.461 e. The summed E-state index contributed by atoms with van der Waals surface area (Å²) in [6, 6.07) is 19.5. The number of fused-ring (bicyclic) bond motifs is 2. The normalized spacial score (nSPS) is 20.2. The first-order valence-corrected chi connectivity index (χ1v) is 15.8. The number of nitrogens with zero attached hydrogens (tertiary/aromatic N) is 1. The summed E-state index contributed by atoms with van der Waals surface area (Å²) in [5.41, 5.74) is 0.320. The molecule has 4 atom stereocenters. The Labute approximate surface area is 251 Å². The monoisotopic (exact) mass is 623 g/mol. The third-order valence-electron chi connectivity index (χ3n) is 7.72. The molecule has 1 fully saturated rings. The number of aromatic nitrogens is 2. The molecule has 2 N–H and O–H groups in total. The molecule has 4 aromatic rings. The number of hydrogen-bond acceptors (Lipinski definition) is 8. The molecule has 0 spiro atoms. The number of aromatic amines is 1. The van der Waals surface area contributed by atoms with E-state index >= 15 is 0 Å². The van der Waals surface area contributed by atoms with Crippen molar-refractivity contribution >= 4 is 24.5 Å². The van der Waals surface area contributed by atoms with Crippen LogP contribution in [0, 0.1) is 5.82 Å². The van der Waals surface area contributed by atoms with Crippen molar-refractivity contribution in [1.29, 1.82) is 0 Å². The summed E-state index contributed by atoms with van der Waals surface area (Å²) < 4.78 is 52.5. The van der Waals surface area contributed by atoms with Crippen LogP contribution < -0.4 is 20.9 Å². The average molecular weight is 624 g/mol. The molecular weight excluding hydrogens is 592 g/mol. The second-order valence-corrected chi connectivity index (χ2v) is 12.6. The standard InChI is InChI=1S/C31H31FN3O8P/c1-19(30(37)42-24-15-21-8-2-3-9-22(21)16-24)34-44(39,43-27-12-6-10-20-7-4-5-11-25(20)27)40-18-23-13-14-28(41-23)35-17-26(32)29(36)33-31(35)38/h2-12,17,19,23-24,28H,13-16,18H2,1H3,(H,34,39)(H,33,36,38)/t19-,23-,28+,44?/m0/s1. The molecule has 3 aromatic carbocycles. The number of halogens is 1. The smallest absolute Gasteiger partial charge is 0.459 e. The molecule has 1 aliphatic heterocycles. The topological polar surface area (TPSA) is 138 Å². The number of carbonyl (C=O) groups excluding carboxylic acids is 1. The SMILES string of the molecule is C[C@H](NP(=O)(OC[C@@H]1CC[C@H](n2cc(F)c(=O)[nH]c2=O)O1)Oc1cccc2ccccc12)C(=O)OC1Cc2ccccc2C1. The van der Waals surface area contributed by atoms with E-state index in [1.54, 1.807) is 12.1 Å². The minimum atomic E-state index is -4.23. The molecule has 0 saturated carbocycles. The van der Waals surface area contributed by atoms with Crippen LogP contribution in [0.2, 0.25) is 0 Å². The van der Waals surface area contributed by atoms with Gasteiger partial charge in [-0.25, -0.2) is 9.36 Å². The first-order chi connectivity index (χ1) is 21.2. The van der Waals surface area contributed by atoms with Gasteiger partial charge in [-0.05, 0) is 42.3 Å². The molecule has 1 aliphatic carbocycles. The second-order valence-electron chi connectivity index (χ2n) is 10.9. The van der Waals surface area contributed by atoms with Crippen molar-refractivity contribution in [3.8, 4) is 5.75 Å². The number of hydrogen-bond donors (Lipinski definition) is 2. The van der Waals surface area contributed by atoms with Crippen LogP contribution in [0.25, 0.3) is 10.8 Å². The number of esters is 1. The van der Waals surface area contributed by atoms with Crippen LogP contribution >= 0.6 is 7.75 Å². The van der Waals surface area contributed by atoms with Gasteiger partial charge in [0.2, 0.25) is 5.82 Å². The molecule has 6 rings (SSSR count). The Morgan fingerprint density at radius 1 is 1.07 bits per heavy atom. The Hall–Kier alpha value is -4.09. The number of nitrogens with one attached hydrogen (secondary N) is 2. The van der Waals surface area contributed by atoms with Gasteiger partial charge in [0.1, 0.15) is 24.1 Å². The van der Waals surface area contributed by atoms with Crippen LogP contribution in [-0.4, -0.2) is 40.4 Å². The van der Waals surface area contributed by atoms with Crippen molar-refractivity contribution in [1.82, 2.24) is 14.6 Å². The lowest BCUT2D eigenvalue weighted by molar-refractivity contribution is -0.150. The number of H-pyrrole nitrogens is 1. The van der Waals surface area contributed by atoms with Gasteiger partial charge in [-0.1, -0.05) is 60.7 Å². The fourth-order valence-corrected chi connectivity index (χ4v) is 7.06. The summed E-state index contributed by atoms with van der Waals surface area (Å²) in [5, 5.41) is 4.27. The third-order valence-corrected chi connectivity index (χ3v) is 9.35. The molecule has 0 amide bonds. The molecule has 1 unspecified atom stereocenters. The number of carbonyl (C=O) groups is 1. The summed E-state index contributed by atoms with van der Waals surface area (Å²) in [6.45, 7) is 1.29. The lowest BCUT2D eigenvalue weighted by Gasteiger charge is -2.25. The zero-order valence-corrected chi connectivity index (χ0v) is 24.7. The molecule has 0 radical (unpaired) electrons. The van der Waals surface area contributed by atoms with Crippen LogP contribution in [-0.2, 0) is 36.2 Å². The summed E-state index contributed by atoms with van der Waals surface area (Å²) in [6.07, 6.45) is 0.829. The van der Waals surface area contributed by atoms with Crippen molar-refractivity contribution in [2.45, 2.75) is 57.1 Å². The van der Waals surface area contributed by atoms with Crippen LogP contribution in [0.4, 0.5) is 4.39 Å². The molecule has 2 aliphatic rings. The zero-order valence-electron chi connectivity index (χ0n) is 23.8. The van der Waals surface area contributed by atoms with Crippen LogP contribution in [0.1, 0.15) is 37.1 Å². The highest BCUT2D eigenvalue weighted by Crippen LogP contribution is 2.47. The average Bonchev–Trinajstić information content (AvgIpc) is 3.65. The zero-order chi connectivity index (χ0) is 30.8. The van der Waals surface area contributed by atoms with E-state index in [0.29, 0.717) is 31.1 Å². The second kappa shape index (κ2) is 12.5. The summed E-state index contributed by atoms with van der Waals surface area (Å²) >= 11 is 0. The molecular formula is C31H31FN3O8P. The summed E-state index contributed by atoms with van der Waals surface area (Å²) in [5.74, 6) is -1.44. The minimum Gasteiger partial charge on any atom is -0.461 e. The Bertz CT molecular complexity index is 1830. The van der Waals surface area contributed by atoms with Crippen LogP contribution in [0.15, 0.2) is 82.5 Å². The Kier molecular flexibility index (Phi) is 8.50. The van der Waals surface area contributed by atoms with Gasteiger partial charge in [-0.15, -0.1) is 0 Å². The third kappa shape index (κ3) is 6.53.